The van der Waals surface area contributed by atoms with Gasteiger partial charge in [-0.05, 0) is 32.3 Å². The zero-order valence-electron chi connectivity index (χ0n) is 15.2. The van der Waals surface area contributed by atoms with Crippen LogP contribution in [0.3, 0.4) is 0 Å². The number of rotatable bonds is 6. The summed E-state index contributed by atoms with van der Waals surface area (Å²) in [6, 6.07) is 2.06. The quantitative estimate of drug-likeness (QED) is 0.719. The lowest BCUT2D eigenvalue weighted by molar-refractivity contribution is 0.00403. The third-order valence-electron chi connectivity index (χ3n) is 4.54. The molecule has 0 amide bonds. The van der Waals surface area contributed by atoms with Crippen LogP contribution in [0.2, 0.25) is 0 Å². The maximum absolute atomic E-state index is 5.81. The number of anilines is 1. The van der Waals surface area contributed by atoms with Gasteiger partial charge < -0.3 is 10.1 Å². The molecule has 0 aliphatic carbocycles. The number of ether oxygens (including phenoxy) is 1. The molecule has 0 spiro atoms. The molecule has 138 valence electrons. The Morgan fingerprint density at radius 3 is 3.08 bits per heavy atom. The van der Waals surface area contributed by atoms with Gasteiger partial charge in [-0.25, -0.2) is 4.98 Å². The van der Waals surface area contributed by atoms with Crippen LogP contribution in [0.5, 0.6) is 0 Å². The standard InChI is InChI=1S/C18H24N6OS/c1-13-17(26-18(21-13)19-9-14-10-20-23(2)11-14)16-6-7-24(22-16)12-15-5-3-4-8-25-15/h6-7,10-11,15H,3-5,8-9,12H2,1-2H3,(H,19,21). The lowest BCUT2D eigenvalue weighted by Gasteiger charge is -2.22. The van der Waals surface area contributed by atoms with E-state index in [1.165, 1.54) is 12.8 Å². The van der Waals surface area contributed by atoms with Crippen molar-refractivity contribution in [2.24, 2.45) is 7.05 Å². The van der Waals surface area contributed by atoms with Gasteiger partial charge in [0.15, 0.2) is 5.13 Å². The van der Waals surface area contributed by atoms with Crippen molar-refractivity contribution in [1.29, 1.82) is 0 Å². The molecule has 7 nitrogen and oxygen atoms in total. The number of aromatic nitrogens is 5. The number of nitrogens with one attached hydrogen (secondary N) is 1. The lowest BCUT2D eigenvalue weighted by Crippen LogP contribution is -2.24. The molecule has 0 radical (unpaired) electrons. The monoisotopic (exact) mass is 372 g/mol. The summed E-state index contributed by atoms with van der Waals surface area (Å²) in [6.45, 7) is 4.45. The van der Waals surface area contributed by atoms with E-state index in [4.69, 9.17) is 9.84 Å². The van der Waals surface area contributed by atoms with Gasteiger partial charge in [0.2, 0.25) is 0 Å². The first-order chi connectivity index (χ1) is 12.7. The first kappa shape index (κ1) is 17.2. The Morgan fingerprint density at radius 1 is 1.38 bits per heavy atom. The molecule has 1 atom stereocenters. The predicted octanol–water partition coefficient (Wildman–Crippen LogP) is 3.23. The first-order valence-corrected chi connectivity index (χ1v) is 9.83. The molecule has 0 aromatic carbocycles. The Morgan fingerprint density at radius 2 is 2.31 bits per heavy atom. The summed E-state index contributed by atoms with van der Waals surface area (Å²) in [6.07, 6.45) is 9.74. The molecular weight excluding hydrogens is 348 g/mol. The number of nitrogens with zero attached hydrogens (tertiary/aromatic N) is 5. The minimum absolute atomic E-state index is 0.288. The van der Waals surface area contributed by atoms with Gasteiger partial charge in [-0.3, -0.25) is 9.36 Å². The van der Waals surface area contributed by atoms with Gasteiger partial charge in [0, 0.05) is 38.2 Å². The van der Waals surface area contributed by atoms with E-state index in [1.54, 1.807) is 16.0 Å². The first-order valence-electron chi connectivity index (χ1n) is 9.01. The molecule has 3 aromatic rings. The fraction of sp³-hybridized carbons (Fsp3) is 0.500. The predicted molar refractivity (Wildman–Crippen MR) is 102 cm³/mol. The van der Waals surface area contributed by atoms with Crippen LogP contribution in [0.25, 0.3) is 10.6 Å². The molecule has 3 aromatic heterocycles. The zero-order chi connectivity index (χ0) is 17.9. The summed E-state index contributed by atoms with van der Waals surface area (Å²) in [4.78, 5) is 5.75. The molecule has 0 bridgehead atoms. The largest absolute Gasteiger partial charge is 0.376 e. The van der Waals surface area contributed by atoms with E-state index >= 15 is 0 Å². The average Bonchev–Trinajstić information content (AvgIpc) is 3.34. The molecule has 1 N–H and O–H groups in total. The molecule has 1 fully saturated rings. The Bertz CT molecular complexity index is 861. The van der Waals surface area contributed by atoms with E-state index in [2.05, 4.69) is 21.5 Å². The SMILES string of the molecule is Cc1nc(NCc2cnn(C)c2)sc1-c1ccn(CC2CCCCO2)n1. The maximum Gasteiger partial charge on any atom is 0.183 e. The van der Waals surface area contributed by atoms with Crippen molar-refractivity contribution in [2.45, 2.75) is 45.4 Å². The van der Waals surface area contributed by atoms with Gasteiger partial charge in [0.25, 0.3) is 0 Å². The molecule has 0 saturated carbocycles. The van der Waals surface area contributed by atoms with Gasteiger partial charge in [0.05, 0.1) is 29.4 Å². The highest BCUT2D eigenvalue weighted by Crippen LogP contribution is 2.32. The van der Waals surface area contributed by atoms with E-state index in [1.807, 2.05) is 37.2 Å². The highest BCUT2D eigenvalue weighted by Gasteiger charge is 2.17. The van der Waals surface area contributed by atoms with E-state index in [0.717, 1.165) is 46.5 Å². The Hall–Kier alpha value is -2.19. The Balaban J connectivity index is 1.41. The van der Waals surface area contributed by atoms with Gasteiger partial charge >= 0.3 is 0 Å². The fourth-order valence-electron chi connectivity index (χ4n) is 3.20. The van der Waals surface area contributed by atoms with E-state index in [9.17, 15) is 0 Å². The van der Waals surface area contributed by atoms with Gasteiger partial charge in [-0.1, -0.05) is 11.3 Å². The van der Waals surface area contributed by atoms with Crippen molar-refractivity contribution in [1.82, 2.24) is 24.5 Å². The van der Waals surface area contributed by atoms with Crippen molar-refractivity contribution in [3.05, 3.63) is 35.9 Å². The van der Waals surface area contributed by atoms with Crippen molar-refractivity contribution in [2.75, 3.05) is 11.9 Å². The van der Waals surface area contributed by atoms with E-state index in [0.29, 0.717) is 6.54 Å². The number of aryl methyl sites for hydroxylation is 2. The van der Waals surface area contributed by atoms with Crippen LogP contribution >= 0.6 is 11.3 Å². The summed E-state index contributed by atoms with van der Waals surface area (Å²) < 4.78 is 9.61. The molecule has 1 aliphatic rings. The zero-order valence-corrected chi connectivity index (χ0v) is 16.0. The van der Waals surface area contributed by atoms with E-state index < -0.39 is 0 Å². The summed E-state index contributed by atoms with van der Waals surface area (Å²) in [5.74, 6) is 0. The minimum Gasteiger partial charge on any atom is -0.376 e. The number of thiazole rings is 1. The van der Waals surface area contributed by atoms with Crippen LogP contribution in [-0.4, -0.2) is 37.3 Å². The highest BCUT2D eigenvalue weighted by molar-refractivity contribution is 7.19. The second-order valence-electron chi connectivity index (χ2n) is 6.72. The molecule has 1 unspecified atom stereocenters. The Kier molecular flexibility index (Phi) is 5.03. The lowest BCUT2D eigenvalue weighted by atomic mass is 10.1. The van der Waals surface area contributed by atoms with Gasteiger partial charge in [0.1, 0.15) is 5.69 Å². The van der Waals surface area contributed by atoms with E-state index in [-0.39, 0.29) is 6.10 Å². The normalized spacial score (nSPS) is 17.5. The molecule has 4 heterocycles. The molecule has 1 aliphatic heterocycles. The van der Waals surface area contributed by atoms with Gasteiger partial charge in [-0.15, -0.1) is 0 Å². The van der Waals surface area contributed by atoms with Crippen LogP contribution in [0, 0.1) is 6.92 Å². The van der Waals surface area contributed by atoms with Crippen LogP contribution in [0.4, 0.5) is 5.13 Å². The summed E-state index contributed by atoms with van der Waals surface area (Å²) >= 11 is 1.64. The number of hydrogen-bond acceptors (Lipinski definition) is 6. The third-order valence-corrected chi connectivity index (χ3v) is 5.67. The molecule has 26 heavy (non-hydrogen) atoms. The van der Waals surface area contributed by atoms with Crippen LogP contribution in [0.15, 0.2) is 24.7 Å². The topological polar surface area (TPSA) is 69.8 Å². The van der Waals surface area contributed by atoms with Crippen molar-refractivity contribution in [3.8, 4) is 10.6 Å². The third kappa shape index (κ3) is 3.96. The maximum atomic E-state index is 5.81. The molecule has 8 heteroatoms. The summed E-state index contributed by atoms with van der Waals surface area (Å²) in [5.41, 5.74) is 3.12. The average molecular weight is 372 g/mol. The van der Waals surface area contributed by atoms with Crippen molar-refractivity contribution < 1.29 is 4.74 Å². The molecular formula is C18H24N6OS. The second kappa shape index (κ2) is 7.59. The summed E-state index contributed by atoms with van der Waals surface area (Å²) in [5, 5.41) is 13.2. The highest BCUT2D eigenvalue weighted by atomic mass is 32.1. The number of hydrogen-bond donors (Lipinski definition) is 1. The van der Waals surface area contributed by atoms with Gasteiger partial charge in [-0.2, -0.15) is 10.2 Å². The smallest absolute Gasteiger partial charge is 0.183 e. The molecule has 4 rings (SSSR count). The van der Waals surface area contributed by atoms with Crippen molar-refractivity contribution in [3.63, 3.8) is 0 Å². The summed E-state index contributed by atoms with van der Waals surface area (Å²) in [7, 11) is 1.92. The van der Waals surface area contributed by atoms with Crippen molar-refractivity contribution >= 4 is 16.5 Å². The van der Waals surface area contributed by atoms with Crippen LogP contribution in [0.1, 0.15) is 30.5 Å². The minimum atomic E-state index is 0.288. The Labute approximate surface area is 157 Å². The molecule has 1 saturated heterocycles. The van der Waals surface area contributed by atoms with Crippen LogP contribution in [-0.2, 0) is 24.9 Å². The fourth-order valence-corrected chi connectivity index (χ4v) is 4.12. The second-order valence-corrected chi connectivity index (χ2v) is 7.72. The van der Waals surface area contributed by atoms with Crippen LogP contribution < -0.4 is 5.32 Å².